The summed E-state index contributed by atoms with van der Waals surface area (Å²) in [5.41, 5.74) is 4.82. The fourth-order valence-electron chi connectivity index (χ4n) is 5.11. The van der Waals surface area contributed by atoms with Crippen LogP contribution in [0.1, 0.15) is 68.9 Å². The lowest BCUT2D eigenvalue weighted by molar-refractivity contribution is -0.144. The second-order valence-electron chi connectivity index (χ2n) is 9.10. The third-order valence-corrected chi connectivity index (χ3v) is 6.81. The van der Waals surface area contributed by atoms with Crippen molar-refractivity contribution in [2.75, 3.05) is 19.8 Å². The van der Waals surface area contributed by atoms with Crippen LogP contribution in [0.5, 0.6) is 0 Å². The fourth-order valence-corrected chi connectivity index (χ4v) is 5.11. The quantitative estimate of drug-likeness (QED) is 0.387. The van der Waals surface area contributed by atoms with E-state index in [0.717, 1.165) is 38.5 Å². The van der Waals surface area contributed by atoms with Crippen LogP contribution in [0.25, 0.3) is 11.1 Å². The second kappa shape index (κ2) is 11.9. The van der Waals surface area contributed by atoms with Gasteiger partial charge in [0.15, 0.2) is 0 Å². The molecule has 1 unspecified atom stereocenters. The normalized spacial score (nSPS) is 20.2. The molecule has 5 nitrogen and oxygen atoms in total. The van der Waals surface area contributed by atoms with E-state index in [1.165, 1.54) is 22.3 Å². The van der Waals surface area contributed by atoms with Gasteiger partial charge < -0.3 is 14.4 Å². The molecule has 4 rings (SSSR count). The maximum Gasteiger partial charge on any atom is 0.410 e. The molecule has 0 bridgehead atoms. The zero-order valence-corrected chi connectivity index (χ0v) is 20.1. The summed E-state index contributed by atoms with van der Waals surface area (Å²) >= 11 is 0. The number of hydrogen-bond acceptors (Lipinski definition) is 4. The minimum absolute atomic E-state index is 0.0256. The average Bonchev–Trinajstić information content (AvgIpc) is 3.18. The van der Waals surface area contributed by atoms with Gasteiger partial charge in [-0.25, -0.2) is 4.79 Å². The number of fused-ring (bicyclic) bond motifs is 3. The number of allylic oxidation sites excluding steroid dienone is 2. The molecule has 1 aliphatic carbocycles. The maximum atomic E-state index is 13.4. The van der Waals surface area contributed by atoms with Crippen LogP contribution in [-0.2, 0) is 14.3 Å². The predicted octanol–water partition coefficient (Wildman–Crippen LogP) is 6.47. The summed E-state index contributed by atoms with van der Waals surface area (Å²) < 4.78 is 11.4. The molecule has 0 aromatic heterocycles. The first-order valence-electron chi connectivity index (χ1n) is 12.6. The highest BCUT2D eigenvalue weighted by Gasteiger charge is 2.31. The van der Waals surface area contributed by atoms with E-state index >= 15 is 0 Å². The third kappa shape index (κ3) is 5.69. The highest BCUT2D eigenvalue weighted by Crippen LogP contribution is 2.44. The number of carbonyl (C=O) groups is 2. The molecule has 1 heterocycles. The zero-order valence-electron chi connectivity index (χ0n) is 20.1. The summed E-state index contributed by atoms with van der Waals surface area (Å²) in [6.07, 6.45) is 9.71. The van der Waals surface area contributed by atoms with Crippen LogP contribution >= 0.6 is 0 Å². The summed E-state index contributed by atoms with van der Waals surface area (Å²) in [6, 6.07) is 16.8. The van der Waals surface area contributed by atoms with Crippen molar-refractivity contribution in [3.05, 3.63) is 71.8 Å². The molecule has 34 heavy (non-hydrogen) atoms. The molecule has 1 amide bonds. The molecule has 1 atom stereocenters. The molecule has 0 N–H and O–H groups in total. The topological polar surface area (TPSA) is 55.8 Å². The number of carbonyl (C=O) groups excluding carboxylic acids is 2. The van der Waals surface area contributed by atoms with Gasteiger partial charge in [-0.15, -0.1) is 0 Å². The van der Waals surface area contributed by atoms with Gasteiger partial charge in [-0.3, -0.25) is 4.79 Å². The van der Waals surface area contributed by atoms with E-state index in [9.17, 15) is 9.59 Å². The van der Waals surface area contributed by atoms with Gasteiger partial charge in [-0.1, -0.05) is 74.0 Å². The number of benzene rings is 2. The standard InChI is InChI=1S/C29H35NO4/c1-2-12-22-13-6-4-3-5-7-18-28(31)33-20-19-30(22)29(32)34-21-27-25-16-10-8-14-23(25)24-15-9-11-17-26(24)27/h3-4,8-11,14-17,22,27H,2,5-7,12-13,18-21H2,1H3/b4-3+. The molecule has 5 heteroatoms. The summed E-state index contributed by atoms with van der Waals surface area (Å²) in [4.78, 5) is 27.2. The zero-order chi connectivity index (χ0) is 23.8. The van der Waals surface area contributed by atoms with Crippen LogP contribution in [-0.4, -0.2) is 42.8 Å². The lowest BCUT2D eigenvalue weighted by atomic mass is 9.98. The molecule has 2 aromatic rings. The second-order valence-corrected chi connectivity index (χ2v) is 9.10. The Morgan fingerprint density at radius 1 is 1.03 bits per heavy atom. The fraction of sp³-hybridized carbons (Fsp3) is 0.448. The molecule has 0 spiro atoms. The number of esters is 1. The highest BCUT2D eigenvalue weighted by molar-refractivity contribution is 5.79. The molecule has 0 radical (unpaired) electrons. The van der Waals surface area contributed by atoms with Crippen LogP contribution in [0.4, 0.5) is 4.79 Å². The minimum atomic E-state index is -0.324. The molecule has 0 saturated heterocycles. The monoisotopic (exact) mass is 461 g/mol. The van der Waals surface area contributed by atoms with Crippen molar-refractivity contribution in [1.29, 1.82) is 0 Å². The van der Waals surface area contributed by atoms with E-state index in [1.807, 2.05) is 24.3 Å². The van der Waals surface area contributed by atoms with Gasteiger partial charge in [-0.2, -0.15) is 0 Å². The lowest BCUT2D eigenvalue weighted by Gasteiger charge is -2.31. The third-order valence-electron chi connectivity index (χ3n) is 6.81. The van der Waals surface area contributed by atoms with E-state index in [1.54, 1.807) is 4.90 Å². The van der Waals surface area contributed by atoms with Crippen molar-refractivity contribution in [2.24, 2.45) is 0 Å². The van der Waals surface area contributed by atoms with E-state index in [0.29, 0.717) is 19.6 Å². The van der Waals surface area contributed by atoms with Crippen molar-refractivity contribution in [3.63, 3.8) is 0 Å². The van der Waals surface area contributed by atoms with Gasteiger partial charge in [0.25, 0.3) is 0 Å². The summed E-state index contributed by atoms with van der Waals surface area (Å²) in [7, 11) is 0. The summed E-state index contributed by atoms with van der Waals surface area (Å²) in [6.45, 7) is 2.99. The lowest BCUT2D eigenvalue weighted by Crippen LogP contribution is -2.43. The summed E-state index contributed by atoms with van der Waals surface area (Å²) in [5.74, 6) is -0.176. The number of cyclic esters (lactones) is 1. The van der Waals surface area contributed by atoms with Crippen LogP contribution < -0.4 is 0 Å². The van der Waals surface area contributed by atoms with E-state index in [4.69, 9.17) is 9.47 Å². The minimum Gasteiger partial charge on any atom is -0.464 e. The molecule has 2 aliphatic rings. The van der Waals surface area contributed by atoms with Crippen LogP contribution in [0.3, 0.4) is 0 Å². The molecule has 2 aromatic carbocycles. The van der Waals surface area contributed by atoms with E-state index < -0.39 is 0 Å². The maximum absolute atomic E-state index is 13.4. The highest BCUT2D eigenvalue weighted by atomic mass is 16.6. The van der Waals surface area contributed by atoms with Gasteiger partial charge >= 0.3 is 12.1 Å². The van der Waals surface area contributed by atoms with E-state index in [2.05, 4.69) is 43.3 Å². The Kier molecular flexibility index (Phi) is 8.40. The van der Waals surface area contributed by atoms with Crippen molar-refractivity contribution in [1.82, 2.24) is 4.90 Å². The number of nitrogens with zero attached hydrogens (tertiary/aromatic N) is 1. The SMILES string of the molecule is CCCC1CC/C=C/CCCC(=O)OCCN1C(=O)OCC1c2ccccc2-c2ccccc21. The number of amides is 1. The Morgan fingerprint density at radius 2 is 1.71 bits per heavy atom. The largest absolute Gasteiger partial charge is 0.464 e. The average molecular weight is 462 g/mol. The Bertz CT molecular complexity index is 969. The Labute approximate surface area is 202 Å². The molecular weight excluding hydrogens is 426 g/mol. The van der Waals surface area contributed by atoms with Gasteiger partial charge in [-0.05, 0) is 54.4 Å². The number of hydrogen-bond donors (Lipinski definition) is 0. The van der Waals surface area contributed by atoms with Crippen molar-refractivity contribution in [2.45, 2.75) is 63.8 Å². The van der Waals surface area contributed by atoms with Crippen molar-refractivity contribution in [3.8, 4) is 11.1 Å². The number of rotatable bonds is 4. The van der Waals surface area contributed by atoms with Crippen LogP contribution in [0, 0.1) is 0 Å². The van der Waals surface area contributed by atoms with Gasteiger partial charge in [0.1, 0.15) is 13.2 Å². The molecular formula is C29H35NO4. The van der Waals surface area contributed by atoms with Gasteiger partial charge in [0.2, 0.25) is 0 Å². The molecule has 1 aliphatic heterocycles. The summed E-state index contributed by atoms with van der Waals surface area (Å²) in [5, 5.41) is 0. The van der Waals surface area contributed by atoms with Gasteiger partial charge in [0.05, 0.1) is 6.54 Å². The first-order valence-corrected chi connectivity index (χ1v) is 12.6. The van der Waals surface area contributed by atoms with E-state index in [-0.39, 0.29) is 30.6 Å². The predicted molar refractivity (Wildman–Crippen MR) is 134 cm³/mol. The smallest absolute Gasteiger partial charge is 0.410 e. The Morgan fingerprint density at radius 3 is 2.41 bits per heavy atom. The van der Waals surface area contributed by atoms with Crippen LogP contribution in [0.2, 0.25) is 0 Å². The first-order chi connectivity index (χ1) is 16.7. The van der Waals surface area contributed by atoms with Gasteiger partial charge in [0, 0.05) is 18.4 Å². The van der Waals surface area contributed by atoms with Crippen molar-refractivity contribution >= 4 is 12.1 Å². The molecule has 0 fully saturated rings. The molecule has 180 valence electrons. The molecule has 0 saturated carbocycles. The first kappa shape index (κ1) is 24.1. The van der Waals surface area contributed by atoms with Crippen molar-refractivity contribution < 1.29 is 19.1 Å². The van der Waals surface area contributed by atoms with Crippen LogP contribution in [0.15, 0.2) is 60.7 Å². The Hall–Kier alpha value is -3.08. The Balaban J connectivity index is 1.49. The number of ether oxygens (including phenoxy) is 2.